The number of carboxylic acid groups (broad SMARTS) is 1. The predicted molar refractivity (Wildman–Crippen MR) is 106 cm³/mol. The number of hydrogen-bond acceptors (Lipinski definition) is 4. The van der Waals surface area contributed by atoms with Crippen molar-refractivity contribution in [3.8, 4) is 0 Å². The first-order valence-electron chi connectivity index (χ1n) is 9.98. The average molecular weight is 401 g/mol. The van der Waals surface area contributed by atoms with Crippen LogP contribution in [0.15, 0.2) is 24.3 Å². The Bertz CT molecular complexity index is 797. The second kappa shape index (κ2) is 8.63. The van der Waals surface area contributed by atoms with Crippen molar-refractivity contribution in [3.63, 3.8) is 0 Å². The Balaban J connectivity index is 1.55. The Morgan fingerprint density at radius 2 is 1.69 bits per heavy atom. The van der Waals surface area contributed by atoms with E-state index in [0.717, 1.165) is 0 Å². The van der Waals surface area contributed by atoms with E-state index in [-0.39, 0.29) is 42.0 Å². The fraction of sp³-hybridized carbons (Fsp3) is 0.524. The smallest absolute Gasteiger partial charge is 0.306 e. The second-order valence-electron chi connectivity index (χ2n) is 8.01. The number of likely N-dealkylation sites (tertiary alicyclic amines) is 2. The van der Waals surface area contributed by atoms with Gasteiger partial charge in [0.05, 0.1) is 11.8 Å². The van der Waals surface area contributed by atoms with Crippen molar-refractivity contribution in [2.75, 3.05) is 25.0 Å². The van der Waals surface area contributed by atoms with Gasteiger partial charge >= 0.3 is 5.97 Å². The maximum Gasteiger partial charge on any atom is 0.306 e. The molecule has 0 saturated carbocycles. The van der Waals surface area contributed by atoms with Gasteiger partial charge in [-0.3, -0.25) is 19.2 Å². The fourth-order valence-corrected chi connectivity index (χ4v) is 3.86. The van der Waals surface area contributed by atoms with E-state index in [0.29, 0.717) is 43.7 Å². The topological polar surface area (TPSA) is 107 Å². The third kappa shape index (κ3) is 4.75. The van der Waals surface area contributed by atoms with Gasteiger partial charge in [0.1, 0.15) is 0 Å². The van der Waals surface area contributed by atoms with Crippen LogP contribution in [0, 0.1) is 11.8 Å². The summed E-state index contributed by atoms with van der Waals surface area (Å²) in [5, 5.41) is 11.9. The zero-order valence-corrected chi connectivity index (χ0v) is 16.8. The molecule has 1 unspecified atom stereocenters. The highest BCUT2D eigenvalue weighted by Crippen LogP contribution is 2.23. The molecule has 1 aromatic rings. The van der Waals surface area contributed by atoms with Crippen LogP contribution in [-0.4, -0.2) is 64.3 Å². The van der Waals surface area contributed by atoms with Gasteiger partial charge in [0.2, 0.25) is 11.8 Å². The lowest BCUT2D eigenvalue weighted by Crippen LogP contribution is -2.40. The van der Waals surface area contributed by atoms with E-state index in [9.17, 15) is 19.2 Å². The fourth-order valence-electron chi connectivity index (χ4n) is 3.86. The zero-order chi connectivity index (χ0) is 21.1. The molecule has 1 aromatic carbocycles. The van der Waals surface area contributed by atoms with Gasteiger partial charge < -0.3 is 20.2 Å². The summed E-state index contributed by atoms with van der Waals surface area (Å²) >= 11 is 0. The first kappa shape index (κ1) is 20.8. The number of anilines is 1. The summed E-state index contributed by atoms with van der Waals surface area (Å²) in [4.78, 5) is 51.5. The molecule has 1 atom stereocenters. The molecule has 29 heavy (non-hydrogen) atoms. The third-order valence-corrected chi connectivity index (χ3v) is 5.68. The number of carboxylic acids is 1. The number of nitrogens with one attached hydrogen (secondary N) is 1. The molecule has 0 aromatic heterocycles. The Kier molecular flexibility index (Phi) is 6.20. The maximum absolute atomic E-state index is 12.6. The normalized spacial score (nSPS) is 20.2. The standard InChI is InChI=1S/C21H27N3O5/c1-13(2)24-12-16(11-18(24)25)19(26)22-17-5-3-14(4-6-17)20(27)23-9-7-15(8-10-23)21(28)29/h3-6,13,15-16H,7-12H2,1-2H3,(H,22,26)(H,28,29). The van der Waals surface area contributed by atoms with Gasteiger partial charge in [0.25, 0.3) is 5.91 Å². The van der Waals surface area contributed by atoms with Crippen molar-refractivity contribution >= 4 is 29.4 Å². The highest BCUT2D eigenvalue weighted by molar-refractivity contribution is 5.98. The van der Waals surface area contributed by atoms with Crippen LogP contribution in [0.1, 0.15) is 43.5 Å². The molecular formula is C21H27N3O5. The van der Waals surface area contributed by atoms with Gasteiger partial charge in [0, 0.05) is 43.3 Å². The van der Waals surface area contributed by atoms with Crippen molar-refractivity contribution < 1.29 is 24.3 Å². The second-order valence-corrected chi connectivity index (χ2v) is 8.01. The summed E-state index contributed by atoms with van der Waals surface area (Å²) in [5.74, 6) is -1.91. The Labute approximate surface area is 169 Å². The molecule has 3 rings (SSSR count). The molecule has 3 amide bonds. The van der Waals surface area contributed by atoms with Crippen LogP contribution in [0.4, 0.5) is 5.69 Å². The molecule has 0 spiro atoms. The Morgan fingerprint density at radius 3 is 2.21 bits per heavy atom. The summed E-state index contributed by atoms with van der Waals surface area (Å²) in [6.45, 7) is 5.13. The number of hydrogen-bond donors (Lipinski definition) is 2. The van der Waals surface area contributed by atoms with E-state index in [1.165, 1.54) is 0 Å². The largest absolute Gasteiger partial charge is 0.481 e. The zero-order valence-electron chi connectivity index (χ0n) is 16.8. The lowest BCUT2D eigenvalue weighted by Gasteiger charge is -2.30. The predicted octanol–water partition coefficient (Wildman–Crippen LogP) is 1.82. The number of carbonyl (C=O) groups excluding carboxylic acids is 3. The molecule has 8 heteroatoms. The molecule has 2 heterocycles. The molecule has 2 N–H and O–H groups in total. The van der Waals surface area contributed by atoms with Gasteiger partial charge in [-0.15, -0.1) is 0 Å². The SMILES string of the molecule is CC(C)N1CC(C(=O)Nc2ccc(C(=O)N3CCC(C(=O)O)CC3)cc2)CC1=O. The molecular weight excluding hydrogens is 374 g/mol. The molecule has 2 saturated heterocycles. The van der Waals surface area contributed by atoms with E-state index < -0.39 is 5.97 Å². The molecule has 2 aliphatic heterocycles. The van der Waals surface area contributed by atoms with Crippen LogP contribution in [-0.2, 0) is 14.4 Å². The molecule has 8 nitrogen and oxygen atoms in total. The first-order valence-corrected chi connectivity index (χ1v) is 9.98. The lowest BCUT2D eigenvalue weighted by molar-refractivity contribution is -0.143. The summed E-state index contributed by atoms with van der Waals surface area (Å²) in [6, 6.07) is 6.73. The summed E-state index contributed by atoms with van der Waals surface area (Å²) in [5.41, 5.74) is 1.07. The number of piperidine rings is 1. The number of benzene rings is 1. The first-order chi connectivity index (χ1) is 13.8. The number of aliphatic carboxylic acids is 1. The minimum atomic E-state index is -0.808. The van der Waals surface area contributed by atoms with Crippen molar-refractivity contribution in [1.82, 2.24) is 9.80 Å². The van der Waals surface area contributed by atoms with Crippen molar-refractivity contribution in [3.05, 3.63) is 29.8 Å². The Morgan fingerprint density at radius 1 is 1.07 bits per heavy atom. The minimum Gasteiger partial charge on any atom is -0.481 e. The summed E-state index contributed by atoms with van der Waals surface area (Å²) in [7, 11) is 0. The van der Waals surface area contributed by atoms with E-state index >= 15 is 0 Å². The lowest BCUT2D eigenvalue weighted by atomic mass is 9.96. The molecule has 0 radical (unpaired) electrons. The quantitative estimate of drug-likeness (QED) is 0.783. The maximum atomic E-state index is 12.6. The van der Waals surface area contributed by atoms with Crippen LogP contribution >= 0.6 is 0 Å². The van der Waals surface area contributed by atoms with Crippen molar-refractivity contribution in [1.29, 1.82) is 0 Å². The van der Waals surface area contributed by atoms with Crippen LogP contribution in [0.25, 0.3) is 0 Å². The van der Waals surface area contributed by atoms with Crippen LogP contribution in [0.2, 0.25) is 0 Å². The van der Waals surface area contributed by atoms with Crippen molar-refractivity contribution in [2.45, 2.75) is 39.2 Å². The molecule has 2 aliphatic rings. The highest BCUT2D eigenvalue weighted by Gasteiger charge is 2.35. The van der Waals surface area contributed by atoms with E-state index in [1.807, 2.05) is 13.8 Å². The average Bonchev–Trinajstić information content (AvgIpc) is 3.10. The number of rotatable bonds is 5. The molecule has 2 fully saturated rings. The Hall–Kier alpha value is -2.90. The van der Waals surface area contributed by atoms with Gasteiger partial charge in [-0.05, 0) is 51.0 Å². The van der Waals surface area contributed by atoms with Crippen LogP contribution < -0.4 is 5.32 Å². The number of amides is 3. The minimum absolute atomic E-state index is 0.00670. The molecule has 0 aliphatic carbocycles. The number of nitrogens with zero attached hydrogens (tertiary/aromatic N) is 2. The van der Waals surface area contributed by atoms with Crippen LogP contribution in [0.3, 0.4) is 0 Å². The van der Waals surface area contributed by atoms with Gasteiger partial charge in [0.15, 0.2) is 0 Å². The van der Waals surface area contributed by atoms with E-state index in [2.05, 4.69) is 5.32 Å². The summed E-state index contributed by atoms with van der Waals surface area (Å²) in [6.07, 6.45) is 1.14. The molecule has 156 valence electrons. The van der Waals surface area contributed by atoms with Gasteiger partial charge in [-0.1, -0.05) is 0 Å². The monoisotopic (exact) mass is 401 g/mol. The third-order valence-electron chi connectivity index (χ3n) is 5.68. The molecule has 0 bridgehead atoms. The van der Waals surface area contributed by atoms with Crippen LogP contribution in [0.5, 0.6) is 0 Å². The number of carbonyl (C=O) groups is 4. The van der Waals surface area contributed by atoms with Crippen molar-refractivity contribution in [2.24, 2.45) is 11.8 Å². The van der Waals surface area contributed by atoms with E-state index in [4.69, 9.17) is 5.11 Å². The van der Waals surface area contributed by atoms with Gasteiger partial charge in [-0.2, -0.15) is 0 Å². The van der Waals surface area contributed by atoms with Gasteiger partial charge in [-0.25, -0.2) is 0 Å². The highest BCUT2D eigenvalue weighted by atomic mass is 16.4. The van der Waals surface area contributed by atoms with E-state index in [1.54, 1.807) is 34.1 Å². The summed E-state index contributed by atoms with van der Waals surface area (Å²) < 4.78 is 0.